The highest BCUT2D eigenvalue weighted by molar-refractivity contribution is 7.94. The summed E-state index contributed by atoms with van der Waals surface area (Å²) in [5, 5.41) is 11.1. The van der Waals surface area contributed by atoms with Crippen molar-refractivity contribution in [1.82, 2.24) is 5.32 Å². The van der Waals surface area contributed by atoms with E-state index >= 15 is 0 Å². The number of rotatable bonds is 5. The minimum Gasteiger partial charge on any atom is -0.369 e. The van der Waals surface area contributed by atoms with Crippen molar-refractivity contribution < 1.29 is 18.3 Å². The molecule has 0 aromatic heterocycles. The number of hydrogen-bond acceptors (Lipinski definition) is 4. The van der Waals surface area contributed by atoms with Gasteiger partial charge in [0.25, 0.3) is 0 Å². The zero-order chi connectivity index (χ0) is 13.9. The van der Waals surface area contributed by atoms with Crippen LogP contribution in [-0.2, 0) is 14.6 Å². The lowest BCUT2D eigenvalue weighted by Gasteiger charge is -2.19. The SMILES string of the molecule is O=C(CCS(=O)(=O)C(Cl)Cl)NC(O)C(Cl)(Cl)Cl. The van der Waals surface area contributed by atoms with Gasteiger partial charge in [-0.15, -0.1) is 0 Å². The number of amides is 1. The molecule has 0 spiro atoms. The molecule has 1 unspecified atom stereocenters. The van der Waals surface area contributed by atoms with Gasteiger partial charge in [0, 0.05) is 6.42 Å². The molecular weight excluding hydrogens is 359 g/mol. The minimum absolute atomic E-state index is 0.462. The predicted octanol–water partition coefficient (Wildman–Crippen LogP) is 1.36. The average Bonchev–Trinajstić information content (AvgIpc) is 2.13. The van der Waals surface area contributed by atoms with E-state index in [1.165, 1.54) is 0 Å². The minimum atomic E-state index is -3.78. The molecule has 0 rings (SSSR count). The third-order valence-electron chi connectivity index (χ3n) is 1.49. The Morgan fingerprint density at radius 2 is 1.76 bits per heavy atom. The summed E-state index contributed by atoms with van der Waals surface area (Å²) >= 11 is 26.2. The van der Waals surface area contributed by atoms with E-state index in [1.54, 1.807) is 0 Å². The number of nitrogens with one attached hydrogen (secondary N) is 1. The van der Waals surface area contributed by atoms with Crippen LogP contribution in [0.25, 0.3) is 0 Å². The van der Waals surface area contributed by atoms with Gasteiger partial charge >= 0.3 is 0 Å². The highest BCUT2D eigenvalue weighted by Gasteiger charge is 2.32. The molecule has 0 aliphatic rings. The first-order chi connectivity index (χ1) is 7.47. The number of aliphatic hydroxyl groups excluding tert-OH is 1. The van der Waals surface area contributed by atoms with Crippen molar-refractivity contribution in [2.45, 2.75) is 20.6 Å². The smallest absolute Gasteiger partial charge is 0.234 e. The van der Waals surface area contributed by atoms with E-state index < -0.39 is 42.1 Å². The van der Waals surface area contributed by atoms with Crippen LogP contribution in [0.3, 0.4) is 0 Å². The largest absolute Gasteiger partial charge is 0.369 e. The summed E-state index contributed by atoms with van der Waals surface area (Å²) in [6.07, 6.45) is -2.21. The second-order valence-corrected chi connectivity index (χ2v) is 9.08. The lowest BCUT2D eigenvalue weighted by Crippen LogP contribution is -2.44. The second kappa shape index (κ2) is 6.84. The summed E-state index contributed by atoms with van der Waals surface area (Å²) < 4.78 is 18.5. The molecule has 0 aromatic carbocycles. The van der Waals surface area contributed by atoms with Crippen molar-refractivity contribution in [2.75, 3.05) is 5.75 Å². The Labute approximate surface area is 123 Å². The zero-order valence-electron chi connectivity index (χ0n) is 8.04. The first kappa shape index (κ1) is 17.8. The van der Waals surface area contributed by atoms with E-state index in [9.17, 15) is 13.2 Å². The van der Waals surface area contributed by atoms with Crippen LogP contribution in [0.5, 0.6) is 0 Å². The van der Waals surface area contributed by atoms with Crippen LogP contribution >= 0.6 is 58.0 Å². The van der Waals surface area contributed by atoms with Crippen LogP contribution in [0.4, 0.5) is 0 Å². The number of aliphatic hydroxyl groups is 1. The molecule has 0 radical (unpaired) electrons. The second-order valence-electron chi connectivity index (χ2n) is 2.89. The van der Waals surface area contributed by atoms with Crippen molar-refractivity contribution in [3.8, 4) is 0 Å². The Morgan fingerprint density at radius 3 is 2.12 bits per heavy atom. The third kappa shape index (κ3) is 7.10. The molecule has 17 heavy (non-hydrogen) atoms. The normalized spacial score (nSPS) is 14.8. The molecule has 102 valence electrons. The summed E-state index contributed by atoms with van der Waals surface area (Å²) in [5.41, 5.74) is 0. The molecule has 0 aliphatic carbocycles. The summed E-state index contributed by atoms with van der Waals surface area (Å²) in [6, 6.07) is 0. The van der Waals surface area contributed by atoms with Crippen molar-refractivity contribution >= 4 is 73.7 Å². The molecule has 0 heterocycles. The fraction of sp³-hybridized carbons (Fsp3) is 0.833. The summed E-state index contributed by atoms with van der Waals surface area (Å²) in [6.45, 7) is 0. The Hall–Kier alpha value is 0.830. The number of hydrogen-bond donors (Lipinski definition) is 2. The van der Waals surface area contributed by atoms with E-state index in [0.717, 1.165) is 0 Å². The highest BCUT2D eigenvalue weighted by atomic mass is 35.6. The van der Waals surface area contributed by atoms with Crippen LogP contribution in [0.1, 0.15) is 6.42 Å². The van der Waals surface area contributed by atoms with Crippen molar-refractivity contribution in [2.24, 2.45) is 0 Å². The Bertz CT molecular complexity index is 365. The highest BCUT2D eigenvalue weighted by Crippen LogP contribution is 2.28. The molecule has 0 aromatic rings. The quantitative estimate of drug-likeness (QED) is 0.568. The molecule has 0 fully saturated rings. The molecule has 0 aliphatic heterocycles. The van der Waals surface area contributed by atoms with Gasteiger partial charge in [-0.2, -0.15) is 0 Å². The van der Waals surface area contributed by atoms with Crippen molar-refractivity contribution in [3.05, 3.63) is 0 Å². The van der Waals surface area contributed by atoms with Crippen molar-refractivity contribution in [3.63, 3.8) is 0 Å². The van der Waals surface area contributed by atoms with Gasteiger partial charge in [-0.05, 0) is 0 Å². The van der Waals surface area contributed by atoms with Gasteiger partial charge in [0.1, 0.15) is 0 Å². The van der Waals surface area contributed by atoms with Crippen LogP contribution in [0.15, 0.2) is 0 Å². The van der Waals surface area contributed by atoms with Gasteiger partial charge in [-0.25, -0.2) is 8.42 Å². The number of halogens is 5. The maximum absolute atomic E-state index is 11.2. The van der Waals surface area contributed by atoms with E-state index in [1.807, 2.05) is 5.32 Å². The Balaban J connectivity index is 4.23. The Morgan fingerprint density at radius 1 is 1.29 bits per heavy atom. The summed E-state index contributed by atoms with van der Waals surface area (Å²) in [7, 11) is -3.78. The standard InChI is InChI=1S/C6H8Cl5NO4S/c7-5(8)17(15,16)2-1-3(13)12-4(14)6(9,10)11/h4-5,14H,1-2H2,(H,12,13). The number of sulfone groups is 1. The molecule has 0 saturated carbocycles. The predicted molar refractivity (Wildman–Crippen MR) is 68.3 cm³/mol. The summed E-state index contributed by atoms with van der Waals surface area (Å²) in [4.78, 5) is 11.2. The van der Waals surface area contributed by atoms with Gasteiger partial charge in [0.15, 0.2) is 16.1 Å². The van der Waals surface area contributed by atoms with E-state index in [4.69, 9.17) is 63.1 Å². The number of carbonyl (C=O) groups excluding carboxylic acids is 1. The van der Waals surface area contributed by atoms with Gasteiger partial charge in [0.05, 0.1) is 5.75 Å². The lowest BCUT2D eigenvalue weighted by atomic mass is 10.4. The number of carbonyl (C=O) groups is 1. The molecule has 2 N–H and O–H groups in total. The molecule has 0 saturated heterocycles. The van der Waals surface area contributed by atoms with Crippen LogP contribution in [0, 0.1) is 0 Å². The fourth-order valence-corrected chi connectivity index (χ4v) is 1.98. The van der Waals surface area contributed by atoms with E-state index in [-0.39, 0.29) is 0 Å². The molecule has 0 bridgehead atoms. The van der Waals surface area contributed by atoms with Crippen LogP contribution in [0.2, 0.25) is 0 Å². The first-order valence-electron chi connectivity index (χ1n) is 4.00. The van der Waals surface area contributed by atoms with Crippen LogP contribution in [-0.4, -0.2) is 39.4 Å². The van der Waals surface area contributed by atoms with Gasteiger partial charge in [-0.1, -0.05) is 58.0 Å². The average molecular weight is 367 g/mol. The summed E-state index contributed by atoms with van der Waals surface area (Å²) in [5.74, 6) is -1.40. The van der Waals surface area contributed by atoms with E-state index in [2.05, 4.69) is 0 Å². The third-order valence-corrected chi connectivity index (χ3v) is 5.06. The Kier molecular flexibility index (Phi) is 7.17. The topological polar surface area (TPSA) is 83.5 Å². The number of alkyl halides is 5. The molecule has 5 nitrogen and oxygen atoms in total. The monoisotopic (exact) mass is 365 g/mol. The van der Waals surface area contributed by atoms with Crippen LogP contribution < -0.4 is 5.32 Å². The van der Waals surface area contributed by atoms with Gasteiger partial charge in [-0.3, -0.25) is 4.79 Å². The molecular formula is C6H8Cl5NO4S. The maximum atomic E-state index is 11.2. The maximum Gasteiger partial charge on any atom is 0.234 e. The fourth-order valence-electron chi connectivity index (χ4n) is 0.631. The first-order valence-corrected chi connectivity index (χ1v) is 7.73. The van der Waals surface area contributed by atoms with Gasteiger partial charge in [0.2, 0.25) is 13.9 Å². The van der Waals surface area contributed by atoms with Crippen molar-refractivity contribution in [1.29, 1.82) is 0 Å². The van der Waals surface area contributed by atoms with E-state index in [0.29, 0.717) is 0 Å². The van der Waals surface area contributed by atoms with Gasteiger partial charge < -0.3 is 10.4 Å². The molecule has 1 amide bonds. The lowest BCUT2D eigenvalue weighted by molar-refractivity contribution is -0.123. The molecule has 11 heteroatoms. The zero-order valence-corrected chi connectivity index (χ0v) is 12.6. The molecule has 1 atom stereocenters.